The second kappa shape index (κ2) is 7.02. The van der Waals surface area contributed by atoms with Gasteiger partial charge in [-0.05, 0) is 24.1 Å². The van der Waals surface area contributed by atoms with E-state index >= 15 is 0 Å². The van der Waals surface area contributed by atoms with E-state index < -0.39 is 0 Å². The Labute approximate surface area is 131 Å². The Morgan fingerprint density at radius 3 is 2.86 bits per heavy atom. The van der Waals surface area contributed by atoms with Crippen molar-refractivity contribution >= 4 is 15.9 Å². The lowest BCUT2D eigenvalue weighted by molar-refractivity contribution is 0.398. The summed E-state index contributed by atoms with van der Waals surface area (Å²) in [5.74, 6) is 6.06. The third-order valence-corrected chi connectivity index (χ3v) is 3.90. The molecule has 0 spiro atoms. The average molecular weight is 357 g/mol. The third-order valence-electron chi connectivity index (χ3n) is 3.21. The molecule has 0 aliphatic heterocycles. The van der Waals surface area contributed by atoms with Crippen molar-refractivity contribution in [2.24, 2.45) is 5.84 Å². The van der Waals surface area contributed by atoms with E-state index in [-0.39, 0.29) is 11.9 Å². The molecule has 1 heterocycles. The van der Waals surface area contributed by atoms with Gasteiger partial charge in [0.1, 0.15) is 11.5 Å². The van der Waals surface area contributed by atoms with Crippen molar-refractivity contribution in [3.63, 3.8) is 0 Å². The topological polar surface area (TPSA) is 65.1 Å². The van der Waals surface area contributed by atoms with Gasteiger partial charge in [-0.3, -0.25) is 10.5 Å². The van der Waals surface area contributed by atoms with Crippen LogP contribution in [0.5, 0.6) is 5.75 Å². The molecule has 0 saturated heterocycles. The van der Waals surface area contributed by atoms with Crippen molar-refractivity contribution in [1.82, 2.24) is 15.2 Å². The summed E-state index contributed by atoms with van der Waals surface area (Å²) in [6, 6.07) is 4.14. The van der Waals surface area contributed by atoms with Crippen LogP contribution in [0.15, 0.2) is 28.9 Å². The quantitative estimate of drug-likeness (QED) is 0.616. The molecule has 0 aliphatic rings. The molecule has 21 heavy (non-hydrogen) atoms. The van der Waals surface area contributed by atoms with Gasteiger partial charge in [0.15, 0.2) is 5.75 Å². The van der Waals surface area contributed by atoms with Crippen molar-refractivity contribution in [3.05, 3.63) is 45.9 Å². The zero-order chi connectivity index (χ0) is 15.4. The van der Waals surface area contributed by atoms with Crippen molar-refractivity contribution in [2.75, 3.05) is 7.11 Å². The summed E-state index contributed by atoms with van der Waals surface area (Å²) in [4.78, 5) is 0. The Morgan fingerprint density at radius 2 is 2.29 bits per heavy atom. The molecule has 0 aliphatic carbocycles. The van der Waals surface area contributed by atoms with E-state index in [1.54, 1.807) is 19.4 Å². The Morgan fingerprint density at radius 1 is 1.52 bits per heavy atom. The predicted octanol–water partition coefficient (Wildman–Crippen LogP) is 2.76. The third kappa shape index (κ3) is 3.25. The summed E-state index contributed by atoms with van der Waals surface area (Å²) >= 11 is 3.38. The Hall–Kier alpha value is -1.44. The van der Waals surface area contributed by atoms with Crippen molar-refractivity contribution in [2.45, 2.75) is 25.9 Å². The van der Waals surface area contributed by atoms with Gasteiger partial charge in [-0.2, -0.15) is 5.10 Å². The van der Waals surface area contributed by atoms with Gasteiger partial charge < -0.3 is 4.74 Å². The number of nitrogens with one attached hydrogen (secondary N) is 1. The molecule has 7 heteroatoms. The average Bonchev–Trinajstić information content (AvgIpc) is 2.85. The fraction of sp³-hybridized carbons (Fsp3) is 0.357. The van der Waals surface area contributed by atoms with E-state index in [2.05, 4.69) is 33.4 Å². The number of hydrogen-bond acceptors (Lipinski definition) is 4. The summed E-state index contributed by atoms with van der Waals surface area (Å²) in [6.07, 6.45) is 2.59. The maximum atomic E-state index is 13.3. The largest absolute Gasteiger partial charge is 0.493 e. The summed E-state index contributed by atoms with van der Waals surface area (Å²) in [5.41, 5.74) is 4.39. The molecular formula is C14H18BrFN4O. The van der Waals surface area contributed by atoms with Gasteiger partial charge in [-0.15, -0.1) is 0 Å². The highest BCUT2D eigenvalue weighted by molar-refractivity contribution is 9.10. The minimum absolute atomic E-state index is 0.310. The number of aryl methyl sites for hydroxylation is 1. The lowest BCUT2D eigenvalue weighted by atomic mass is 10.0. The molecule has 0 bridgehead atoms. The number of benzene rings is 1. The fourth-order valence-corrected chi connectivity index (χ4v) is 2.85. The first-order chi connectivity index (χ1) is 10.1. The minimum Gasteiger partial charge on any atom is -0.493 e. The smallest absolute Gasteiger partial charge is 0.161 e. The lowest BCUT2D eigenvalue weighted by Crippen LogP contribution is -2.31. The predicted molar refractivity (Wildman–Crippen MR) is 82.3 cm³/mol. The van der Waals surface area contributed by atoms with E-state index in [1.165, 1.54) is 12.1 Å². The Kier molecular flexibility index (Phi) is 5.33. The summed E-state index contributed by atoms with van der Waals surface area (Å²) in [7, 11) is 1.59. The molecule has 1 aromatic heterocycles. The maximum absolute atomic E-state index is 13.3. The van der Waals surface area contributed by atoms with E-state index in [9.17, 15) is 4.39 Å². The molecule has 0 saturated carbocycles. The molecule has 1 atom stereocenters. The fourth-order valence-electron chi connectivity index (χ4n) is 2.27. The maximum Gasteiger partial charge on any atom is 0.161 e. The Balaban J connectivity index is 2.52. The van der Waals surface area contributed by atoms with Gasteiger partial charge in [0.2, 0.25) is 0 Å². The van der Waals surface area contributed by atoms with Crippen LogP contribution < -0.4 is 16.0 Å². The first-order valence-corrected chi connectivity index (χ1v) is 7.42. The number of nitrogens with two attached hydrogens (primary N) is 1. The van der Waals surface area contributed by atoms with Crippen molar-refractivity contribution in [1.29, 1.82) is 0 Å². The number of halogens is 2. The normalized spacial score (nSPS) is 12.4. The highest BCUT2D eigenvalue weighted by Crippen LogP contribution is 2.33. The van der Waals surface area contributed by atoms with Gasteiger partial charge >= 0.3 is 0 Å². The number of hydrazine groups is 1. The molecule has 0 radical (unpaired) electrons. The van der Waals surface area contributed by atoms with E-state index in [0.717, 1.165) is 24.2 Å². The van der Waals surface area contributed by atoms with E-state index in [1.807, 2.05) is 4.68 Å². The molecule has 3 N–H and O–H groups in total. The van der Waals surface area contributed by atoms with E-state index in [4.69, 9.17) is 10.6 Å². The highest BCUT2D eigenvalue weighted by Gasteiger charge is 2.24. The van der Waals surface area contributed by atoms with Crippen molar-refractivity contribution < 1.29 is 9.13 Å². The van der Waals surface area contributed by atoms with E-state index in [0.29, 0.717) is 10.2 Å². The van der Waals surface area contributed by atoms with Gasteiger partial charge in [-0.1, -0.05) is 28.9 Å². The van der Waals surface area contributed by atoms with Gasteiger partial charge in [-0.25, -0.2) is 9.82 Å². The number of nitrogens with zero attached hydrogens (tertiary/aromatic N) is 2. The molecule has 2 aromatic rings. The molecule has 2 rings (SSSR count). The number of ether oxygens (including phenoxy) is 1. The summed E-state index contributed by atoms with van der Waals surface area (Å²) in [5, 5.41) is 4.33. The molecule has 1 unspecified atom stereocenters. The summed E-state index contributed by atoms with van der Waals surface area (Å²) in [6.45, 7) is 2.81. The zero-order valence-corrected chi connectivity index (χ0v) is 13.5. The van der Waals surface area contributed by atoms with Crippen LogP contribution in [0, 0.1) is 5.82 Å². The van der Waals surface area contributed by atoms with Crippen molar-refractivity contribution in [3.8, 4) is 5.75 Å². The van der Waals surface area contributed by atoms with Crippen LogP contribution in [-0.2, 0) is 6.54 Å². The van der Waals surface area contributed by atoms with Crippen LogP contribution in [0.4, 0.5) is 4.39 Å². The van der Waals surface area contributed by atoms with Crippen LogP contribution in [0.1, 0.15) is 30.6 Å². The molecule has 1 aromatic carbocycles. The summed E-state index contributed by atoms with van der Waals surface area (Å²) < 4.78 is 21.1. The second-order valence-electron chi connectivity index (χ2n) is 4.59. The highest BCUT2D eigenvalue weighted by atomic mass is 79.9. The number of methoxy groups -OCH3 is 1. The van der Waals surface area contributed by atoms with Gasteiger partial charge in [0, 0.05) is 11.0 Å². The van der Waals surface area contributed by atoms with Crippen LogP contribution in [0.2, 0.25) is 0 Å². The number of hydrogen-bond donors (Lipinski definition) is 2. The van der Waals surface area contributed by atoms with Crippen LogP contribution in [0.25, 0.3) is 0 Å². The number of aromatic nitrogens is 2. The number of rotatable bonds is 6. The standard InChI is InChI=1S/C14H18BrFN4O/c1-3-6-20-14(12(21-2)8-18-20)13(19-17)10-5-4-9(16)7-11(10)15/h4-5,7-8,13,19H,3,6,17H2,1-2H3. The molecule has 0 fully saturated rings. The first kappa shape index (κ1) is 15.9. The minimum atomic E-state index is -0.357. The van der Waals surface area contributed by atoms with Gasteiger partial charge in [0.05, 0.1) is 19.3 Å². The van der Waals surface area contributed by atoms with Crippen LogP contribution in [-0.4, -0.2) is 16.9 Å². The second-order valence-corrected chi connectivity index (χ2v) is 5.44. The van der Waals surface area contributed by atoms with Crippen LogP contribution in [0.3, 0.4) is 0 Å². The van der Waals surface area contributed by atoms with Gasteiger partial charge in [0.25, 0.3) is 0 Å². The molecule has 114 valence electrons. The monoisotopic (exact) mass is 356 g/mol. The lowest BCUT2D eigenvalue weighted by Gasteiger charge is -2.20. The molecular weight excluding hydrogens is 339 g/mol. The molecule has 0 amide bonds. The first-order valence-electron chi connectivity index (χ1n) is 6.63. The molecule has 5 nitrogen and oxygen atoms in total. The SMILES string of the molecule is CCCn1ncc(OC)c1C(NN)c1ccc(F)cc1Br. The Bertz CT molecular complexity index is 617. The zero-order valence-electron chi connectivity index (χ0n) is 11.9. The van der Waals surface area contributed by atoms with Crippen LogP contribution >= 0.6 is 15.9 Å².